The Morgan fingerprint density at radius 3 is 2.16 bits per heavy atom. The first kappa shape index (κ1) is 24.8. The Kier molecular flexibility index (Phi) is 6.50. The third kappa shape index (κ3) is 4.61. The van der Waals surface area contributed by atoms with Gasteiger partial charge in [0.15, 0.2) is 5.69 Å². The Balaban J connectivity index is 1.12. The van der Waals surface area contributed by atoms with E-state index in [1.807, 2.05) is 48.5 Å². The molecule has 7 heteroatoms. The van der Waals surface area contributed by atoms with Gasteiger partial charge in [0.2, 0.25) is 11.4 Å². The lowest BCUT2D eigenvalue weighted by Crippen LogP contribution is -2.51. The molecule has 3 aromatic carbocycles. The molecule has 3 aromatic rings. The fraction of sp³-hybridized carbons (Fsp3) is 0.387. The highest BCUT2D eigenvalue weighted by Crippen LogP contribution is 2.47. The number of hydrogen-bond acceptors (Lipinski definition) is 6. The molecule has 0 bridgehead atoms. The van der Waals surface area contributed by atoms with Crippen LogP contribution in [0.15, 0.2) is 83.1 Å². The predicted octanol–water partition coefficient (Wildman–Crippen LogP) is 7.18. The molecule has 0 amide bonds. The van der Waals surface area contributed by atoms with Gasteiger partial charge in [-0.1, -0.05) is 43.2 Å². The monoisotopic (exact) mass is 510 g/mol. The second-order valence-corrected chi connectivity index (χ2v) is 11.5. The molecule has 2 aliphatic heterocycles. The predicted molar refractivity (Wildman–Crippen MR) is 151 cm³/mol. The summed E-state index contributed by atoms with van der Waals surface area (Å²) in [5, 5.41) is 8.53. The van der Waals surface area contributed by atoms with Crippen molar-refractivity contribution in [2.75, 3.05) is 31.1 Å². The third-order valence-electron chi connectivity index (χ3n) is 8.60. The number of anilines is 1. The van der Waals surface area contributed by atoms with Crippen molar-refractivity contribution < 1.29 is 9.63 Å². The van der Waals surface area contributed by atoms with Gasteiger partial charge in [-0.05, 0) is 72.6 Å². The van der Waals surface area contributed by atoms with E-state index in [1.165, 1.54) is 31.4 Å². The number of nitrogens with zero attached hydrogens (tertiary/aromatic N) is 5. The van der Waals surface area contributed by atoms with E-state index in [2.05, 4.69) is 58.3 Å². The smallest absolute Gasteiger partial charge is 0.360 e. The van der Waals surface area contributed by atoms with Gasteiger partial charge in [0, 0.05) is 56.1 Å². The van der Waals surface area contributed by atoms with E-state index in [0.29, 0.717) is 28.9 Å². The molecule has 2 heterocycles. The van der Waals surface area contributed by atoms with Crippen LogP contribution in [-0.4, -0.2) is 43.6 Å². The molecule has 2 fully saturated rings. The van der Waals surface area contributed by atoms with E-state index in [1.54, 1.807) is 0 Å². The van der Waals surface area contributed by atoms with Crippen LogP contribution in [0.5, 0.6) is 0 Å². The number of quaternary nitrogens is 1. The van der Waals surface area contributed by atoms with Gasteiger partial charge in [-0.15, -0.1) is 0 Å². The van der Waals surface area contributed by atoms with Crippen LogP contribution in [0.1, 0.15) is 39.5 Å². The Bertz CT molecular complexity index is 1300. The number of para-hydroxylation sites is 1. The topological polar surface area (TPSA) is 57.5 Å². The van der Waals surface area contributed by atoms with Gasteiger partial charge in [-0.3, -0.25) is 4.90 Å². The lowest BCUT2D eigenvalue weighted by molar-refractivity contribution is -0.156. The van der Waals surface area contributed by atoms with Crippen molar-refractivity contribution in [3.8, 4) is 11.1 Å². The molecular formula is C31H36N5O2+. The van der Waals surface area contributed by atoms with Crippen molar-refractivity contribution in [1.29, 1.82) is 0 Å². The second-order valence-electron chi connectivity index (χ2n) is 11.5. The molecule has 38 heavy (non-hydrogen) atoms. The van der Waals surface area contributed by atoms with Crippen LogP contribution in [0, 0.1) is 5.41 Å². The molecule has 1 saturated heterocycles. The van der Waals surface area contributed by atoms with Crippen molar-refractivity contribution in [1.82, 2.24) is 9.66 Å². The highest BCUT2D eigenvalue weighted by molar-refractivity contribution is 5.74. The Labute approximate surface area is 224 Å². The third-order valence-corrected chi connectivity index (χ3v) is 8.60. The van der Waals surface area contributed by atoms with E-state index in [0.717, 1.165) is 43.3 Å². The summed E-state index contributed by atoms with van der Waals surface area (Å²) in [7, 11) is 0. The minimum absolute atomic E-state index is 0.413. The molecule has 0 radical (unpaired) electrons. The van der Waals surface area contributed by atoms with E-state index in [4.69, 9.17) is 4.84 Å². The normalized spacial score (nSPS) is 23.3. The van der Waals surface area contributed by atoms with Gasteiger partial charge in [-0.2, -0.15) is 0 Å². The zero-order valence-corrected chi connectivity index (χ0v) is 22.3. The van der Waals surface area contributed by atoms with Gasteiger partial charge < -0.3 is 4.90 Å². The van der Waals surface area contributed by atoms with Gasteiger partial charge in [0.25, 0.3) is 0 Å². The van der Waals surface area contributed by atoms with Crippen LogP contribution in [0.2, 0.25) is 0 Å². The number of fused-ring (bicyclic) bond motifs is 1. The molecule has 1 saturated carbocycles. The zero-order valence-electron chi connectivity index (χ0n) is 22.3. The van der Waals surface area contributed by atoms with Crippen LogP contribution in [0.4, 0.5) is 22.7 Å². The molecule has 3 aliphatic rings. The summed E-state index contributed by atoms with van der Waals surface area (Å²) in [6.45, 7) is 9.72. The second kappa shape index (κ2) is 9.97. The summed E-state index contributed by atoms with van der Waals surface area (Å²) in [6, 6.07) is 25.1. The molecule has 196 valence electrons. The number of piperazine rings is 1. The van der Waals surface area contributed by atoms with Gasteiger partial charge >= 0.3 is 6.47 Å². The lowest BCUT2D eigenvalue weighted by atomic mass is 9.75. The number of carbonyl (C=O) groups excluding carboxylic acids is 1. The van der Waals surface area contributed by atoms with E-state index < -0.39 is 4.76 Å². The number of carbonyl (C=O) groups is 1. The average Bonchev–Trinajstić information content (AvgIpc) is 3.33. The lowest BCUT2D eigenvalue weighted by Gasteiger charge is -2.44. The Morgan fingerprint density at radius 2 is 1.50 bits per heavy atom. The first-order chi connectivity index (χ1) is 18.5. The molecule has 7 nitrogen and oxygen atoms in total. The molecule has 1 unspecified atom stereocenters. The SMILES string of the molecule is CC1(C)CCC(N2CCN(c3ccc(-c4ccc([N+]5(OC=O)N=Nc6ccccc65)cc4)cc3)CC2)CC1. The summed E-state index contributed by atoms with van der Waals surface area (Å²) < 4.78 is -0.413. The quantitative estimate of drug-likeness (QED) is 0.260. The van der Waals surface area contributed by atoms with Gasteiger partial charge in [0.1, 0.15) is 0 Å². The van der Waals surface area contributed by atoms with Crippen LogP contribution >= 0.6 is 0 Å². The van der Waals surface area contributed by atoms with Crippen molar-refractivity contribution in [2.24, 2.45) is 15.8 Å². The van der Waals surface area contributed by atoms with Gasteiger partial charge in [-0.25, -0.2) is 9.63 Å². The minimum atomic E-state index is -0.413. The summed E-state index contributed by atoms with van der Waals surface area (Å²) in [5.41, 5.74) is 6.17. The van der Waals surface area contributed by atoms with E-state index >= 15 is 0 Å². The molecule has 6 rings (SSSR count). The Morgan fingerprint density at radius 1 is 0.868 bits per heavy atom. The van der Waals surface area contributed by atoms with Crippen molar-refractivity contribution >= 4 is 29.2 Å². The maximum atomic E-state index is 11.4. The van der Waals surface area contributed by atoms with Crippen LogP contribution in [-0.2, 0) is 9.63 Å². The van der Waals surface area contributed by atoms with Crippen molar-refractivity contribution in [3.63, 3.8) is 0 Å². The maximum absolute atomic E-state index is 11.4. The highest BCUT2D eigenvalue weighted by atomic mass is 16.8. The van der Waals surface area contributed by atoms with Crippen molar-refractivity contribution in [2.45, 2.75) is 45.6 Å². The first-order valence-electron chi connectivity index (χ1n) is 13.7. The zero-order chi connectivity index (χ0) is 26.2. The standard InChI is InChI=1S/C31H36N5O2/c1-31(2)17-15-27(16-18-31)35-21-19-34(20-22-35)26-11-7-24(8-12-26)25-9-13-28(14-10-25)36(38-23-37)30-6-4-3-5-29(30)32-33-36/h3-14,23,27H,15-22H2,1-2H3/q+1. The van der Waals surface area contributed by atoms with Crippen molar-refractivity contribution in [3.05, 3.63) is 72.8 Å². The van der Waals surface area contributed by atoms with E-state index in [-0.39, 0.29) is 0 Å². The summed E-state index contributed by atoms with van der Waals surface area (Å²) in [6.07, 6.45) is 5.39. The first-order valence-corrected chi connectivity index (χ1v) is 13.7. The molecule has 0 aromatic heterocycles. The molecular weight excluding hydrogens is 474 g/mol. The maximum Gasteiger partial charge on any atom is 0.360 e. The Hall–Kier alpha value is -3.55. The molecule has 0 N–H and O–H groups in total. The number of rotatable bonds is 6. The summed E-state index contributed by atoms with van der Waals surface area (Å²) in [4.78, 5) is 22.1. The fourth-order valence-corrected chi connectivity index (χ4v) is 6.17. The minimum Gasteiger partial charge on any atom is -0.369 e. The fourth-order valence-electron chi connectivity index (χ4n) is 6.17. The summed E-state index contributed by atoms with van der Waals surface area (Å²) >= 11 is 0. The highest BCUT2D eigenvalue weighted by Gasteiger charge is 2.45. The molecule has 1 aliphatic carbocycles. The molecule has 1 atom stereocenters. The molecule has 0 spiro atoms. The van der Waals surface area contributed by atoms with Crippen LogP contribution in [0.3, 0.4) is 0 Å². The number of hydrogen-bond donors (Lipinski definition) is 0. The van der Waals surface area contributed by atoms with Crippen LogP contribution in [0.25, 0.3) is 11.1 Å². The largest absolute Gasteiger partial charge is 0.369 e. The van der Waals surface area contributed by atoms with E-state index in [9.17, 15) is 4.79 Å². The average molecular weight is 511 g/mol. The number of benzene rings is 3. The van der Waals surface area contributed by atoms with Gasteiger partial charge in [0.05, 0.1) is 9.98 Å². The summed E-state index contributed by atoms with van der Waals surface area (Å²) in [5.74, 6) is 0. The van der Waals surface area contributed by atoms with Crippen LogP contribution < -0.4 is 9.66 Å².